The number of rotatable bonds is 3. The van der Waals surface area contributed by atoms with Crippen molar-refractivity contribution in [3.05, 3.63) is 35.4 Å². The van der Waals surface area contributed by atoms with E-state index in [2.05, 4.69) is 13.0 Å². The smallest absolute Gasteiger partial charge is 0.152 e. The summed E-state index contributed by atoms with van der Waals surface area (Å²) in [5.74, 6) is -0.515. The molecule has 0 spiro atoms. The Morgan fingerprint density at radius 3 is 2.24 bits per heavy atom. The predicted octanol–water partition coefficient (Wildman–Crippen LogP) is 1.90. The van der Waals surface area contributed by atoms with Crippen molar-refractivity contribution in [2.45, 2.75) is 24.5 Å². The standard InChI is InChI=1S/C13H15NO2S/c1-3-9-4-6-10(7-5-9)12-11(8-14)13(12)17(2,15)16/h4-7,11-13H,3H2,1-2H3/t11-,12-,13-/m0/s1. The molecule has 0 heterocycles. The largest absolute Gasteiger partial charge is 0.229 e. The van der Waals surface area contributed by atoms with E-state index in [1.807, 2.05) is 24.3 Å². The average molecular weight is 249 g/mol. The maximum absolute atomic E-state index is 11.5. The minimum absolute atomic E-state index is 0.138. The highest BCUT2D eigenvalue weighted by atomic mass is 32.2. The zero-order valence-electron chi connectivity index (χ0n) is 9.92. The maximum atomic E-state index is 11.5. The number of benzene rings is 1. The Kier molecular flexibility index (Phi) is 2.96. The number of nitrogens with zero attached hydrogens (tertiary/aromatic N) is 1. The molecule has 0 amide bonds. The number of aryl methyl sites for hydroxylation is 1. The summed E-state index contributed by atoms with van der Waals surface area (Å²) in [5.41, 5.74) is 2.18. The minimum Gasteiger partial charge on any atom is -0.229 e. The second-order valence-corrected chi connectivity index (χ2v) is 6.77. The Morgan fingerprint density at radius 2 is 1.88 bits per heavy atom. The number of hydrogen-bond acceptors (Lipinski definition) is 3. The normalized spacial score (nSPS) is 27.5. The molecule has 3 atom stereocenters. The van der Waals surface area contributed by atoms with E-state index in [4.69, 9.17) is 5.26 Å². The highest BCUT2D eigenvalue weighted by Crippen LogP contribution is 2.51. The van der Waals surface area contributed by atoms with Crippen molar-refractivity contribution in [3.8, 4) is 6.07 Å². The Hall–Kier alpha value is -1.34. The van der Waals surface area contributed by atoms with E-state index in [0.717, 1.165) is 12.0 Å². The second kappa shape index (κ2) is 4.15. The van der Waals surface area contributed by atoms with Crippen molar-refractivity contribution in [1.29, 1.82) is 5.26 Å². The van der Waals surface area contributed by atoms with Crippen LogP contribution in [0, 0.1) is 17.2 Å². The van der Waals surface area contributed by atoms with Gasteiger partial charge in [-0.05, 0) is 17.5 Å². The van der Waals surface area contributed by atoms with Crippen LogP contribution in [0.4, 0.5) is 0 Å². The predicted molar refractivity (Wildman–Crippen MR) is 66.3 cm³/mol. The van der Waals surface area contributed by atoms with Crippen LogP contribution in [0.15, 0.2) is 24.3 Å². The van der Waals surface area contributed by atoms with Gasteiger partial charge in [0, 0.05) is 12.2 Å². The molecule has 0 bridgehead atoms. The third-order valence-electron chi connectivity index (χ3n) is 3.37. The zero-order valence-corrected chi connectivity index (χ0v) is 10.7. The maximum Gasteiger partial charge on any atom is 0.152 e. The molecule has 17 heavy (non-hydrogen) atoms. The van der Waals surface area contributed by atoms with Gasteiger partial charge in [0.15, 0.2) is 9.84 Å². The molecular weight excluding hydrogens is 234 g/mol. The lowest BCUT2D eigenvalue weighted by Gasteiger charge is -2.01. The third-order valence-corrected chi connectivity index (χ3v) is 4.95. The van der Waals surface area contributed by atoms with Gasteiger partial charge in [0.05, 0.1) is 17.2 Å². The molecule has 1 fully saturated rings. The molecule has 4 heteroatoms. The number of nitriles is 1. The van der Waals surface area contributed by atoms with E-state index in [0.29, 0.717) is 0 Å². The van der Waals surface area contributed by atoms with Gasteiger partial charge >= 0.3 is 0 Å². The van der Waals surface area contributed by atoms with Gasteiger partial charge in [0.1, 0.15) is 0 Å². The SMILES string of the molecule is CCc1ccc([C@H]2[C@H](C#N)[C@@H]2S(C)(=O)=O)cc1. The topological polar surface area (TPSA) is 57.9 Å². The fraction of sp³-hybridized carbons (Fsp3) is 0.462. The first-order valence-electron chi connectivity index (χ1n) is 5.66. The van der Waals surface area contributed by atoms with Gasteiger partial charge in [-0.15, -0.1) is 0 Å². The summed E-state index contributed by atoms with van der Waals surface area (Å²) < 4.78 is 23.0. The molecule has 0 N–H and O–H groups in total. The zero-order chi connectivity index (χ0) is 12.6. The van der Waals surface area contributed by atoms with Crippen LogP contribution in [0.3, 0.4) is 0 Å². The summed E-state index contributed by atoms with van der Waals surface area (Å²) >= 11 is 0. The van der Waals surface area contributed by atoms with Crippen molar-refractivity contribution in [2.75, 3.05) is 6.26 Å². The van der Waals surface area contributed by atoms with E-state index in [1.165, 1.54) is 11.8 Å². The Morgan fingerprint density at radius 1 is 1.29 bits per heavy atom. The van der Waals surface area contributed by atoms with Crippen molar-refractivity contribution in [2.24, 2.45) is 5.92 Å². The first-order valence-corrected chi connectivity index (χ1v) is 7.61. The van der Waals surface area contributed by atoms with E-state index in [-0.39, 0.29) is 11.8 Å². The van der Waals surface area contributed by atoms with Crippen molar-refractivity contribution < 1.29 is 8.42 Å². The first kappa shape index (κ1) is 12.1. The van der Waals surface area contributed by atoms with Gasteiger partial charge in [-0.25, -0.2) is 8.42 Å². The van der Waals surface area contributed by atoms with Gasteiger partial charge in [0.2, 0.25) is 0 Å². The number of sulfone groups is 1. The van der Waals surface area contributed by atoms with Crippen LogP contribution >= 0.6 is 0 Å². The number of hydrogen-bond donors (Lipinski definition) is 0. The van der Waals surface area contributed by atoms with Gasteiger partial charge in [0.25, 0.3) is 0 Å². The summed E-state index contributed by atoms with van der Waals surface area (Å²) in [6.07, 6.45) is 2.17. The van der Waals surface area contributed by atoms with Gasteiger partial charge in [-0.1, -0.05) is 31.2 Å². The average Bonchev–Trinajstić information content (AvgIpc) is 3.03. The lowest BCUT2D eigenvalue weighted by atomic mass is 10.1. The first-order chi connectivity index (χ1) is 7.99. The Balaban J connectivity index is 2.27. The molecule has 0 radical (unpaired) electrons. The van der Waals surface area contributed by atoms with Crippen molar-refractivity contribution in [1.82, 2.24) is 0 Å². The molecule has 0 unspecified atom stereocenters. The molecule has 2 rings (SSSR count). The Labute approximate surface area is 102 Å². The van der Waals surface area contributed by atoms with Crippen LogP contribution in [0.2, 0.25) is 0 Å². The highest BCUT2D eigenvalue weighted by Gasteiger charge is 2.57. The molecule has 1 saturated carbocycles. The molecule has 1 aromatic carbocycles. The Bertz CT molecular complexity index is 554. The minimum atomic E-state index is -3.13. The van der Waals surface area contributed by atoms with E-state index in [9.17, 15) is 8.42 Å². The lowest BCUT2D eigenvalue weighted by molar-refractivity contribution is 0.599. The van der Waals surface area contributed by atoms with Crippen LogP contribution in [0.5, 0.6) is 0 Å². The van der Waals surface area contributed by atoms with Crippen LogP contribution in [-0.2, 0) is 16.3 Å². The molecular formula is C13H15NO2S. The molecule has 90 valence electrons. The van der Waals surface area contributed by atoms with E-state index < -0.39 is 15.1 Å². The summed E-state index contributed by atoms with van der Waals surface area (Å²) in [6, 6.07) is 9.98. The monoisotopic (exact) mass is 249 g/mol. The van der Waals surface area contributed by atoms with Crippen LogP contribution in [-0.4, -0.2) is 19.9 Å². The van der Waals surface area contributed by atoms with Crippen LogP contribution in [0.1, 0.15) is 24.0 Å². The fourth-order valence-corrected chi connectivity index (χ4v) is 3.87. The van der Waals surface area contributed by atoms with Gasteiger partial charge < -0.3 is 0 Å². The molecule has 0 aliphatic heterocycles. The molecule has 1 aliphatic carbocycles. The van der Waals surface area contributed by atoms with E-state index in [1.54, 1.807) is 0 Å². The van der Waals surface area contributed by atoms with Crippen LogP contribution in [0.25, 0.3) is 0 Å². The van der Waals surface area contributed by atoms with E-state index >= 15 is 0 Å². The van der Waals surface area contributed by atoms with Crippen molar-refractivity contribution >= 4 is 9.84 Å². The molecule has 0 aromatic heterocycles. The summed E-state index contributed by atoms with van der Waals surface area (Å²) in [4.78, 5) is 0. The summed E-state index contributed by atoms with van der Waals surface area (Å²) in [6.45, 7) is 2.07. The molecule has 0 saturated heterocycles. The van der Waals surface area contributed by atoms with Gasteiger partial charge in [-0.2, -0.15) is 5.26 Å². The fourth-order valence-electron chi connectivity index (χ4n) is 2.34. The summed E-state index contributed by atoms with van der Waals surface area (Å²) in [5, 5.41) is 8.44. The lowest BCUT2D eigenvalue weighted by Crippen LogP contribution is -2.06. The van der Waals surface area contributed by atoms with Crippen molar-refractivity contribution in [3.63, 3.8) is 0 Å². The summed E-state index contributed by atoms with van der Waals surface area (Å²) in [7, 11) is -3.13. The van der Waals surface area contributed by atoms with Gasteiger partial charge in [-0.3, -0.25) is 0 Å². The molecule has 1 aliphatic rings. The second-order valence-electron chi connectivity index (χ2n) is 4.57. The molecule has 3 nitrogen and oxygen atoms in total. The third kappa shape index (κ3) is 2.20. The van der Waals surface area contributed by atoms with Crippen LogP contribution < -0.4 is 0 Å². The highest BCUT2D eigenvalue weighted by molar-refractivity contribution is 7.91. The molecule has 1 aromatic rings. The quantitative estimate of drug-likeness (QED) is 0.822.